The summed E-state index contributed by atoms with van der Waals surface area (Å²) in [6, 6.07) is 0. The number of allylic oxidation sites excluding steroid dienone is 3. The number of hydrogen-bond donors (Lipinski definition) is 0. The highest BCUT2D eigenvalue weighted by atomic mass is 19.3. The molecule has 0 amide bonds. The van der Waals surface area contributed by atoms with Gasteiger partial charge in [0, 0.05) is 11.8 Å². The zero-order valence-corrected chi connectivity index (χ0v) is 22.9. The first-order valence-corrected chi connectivity index (χ1v) is 15.5. The summed E-state index contributed by atoms with van der Waals surface area (Å²) >= 11 is 0. The number of hydrogen-bond acceptors (Lipinski definition) is 2. The molecule has 0 unspecified atom stereocenters. The molecular formula is C32H52F2O2. The van der Waals surface area contributed by atoms with Crippen molar-refractivity contribution in [2.24, 2.45) is 41.4 Å². The second-order valence-electron chi connectivity index (χ2n) is 12.7. The van der Waals surface area contributed by atoms with E-state index in [2.05, 4.69) is 19.1 Å². The molecule has 206 valence electrons. The zero-order valence-electron chi connectivity index (χ0n) is 22.9. The van der Waals surface area contributed by atoms with Crippen molar-refractivity contribution < 1.29 is 18.3 Å². The number of halogens is 2. The van der Waals surface area contributed by atoms with E-state index in [4.69, 9.17) is 9.47 Å². The van der Waals surface area contributed by atoms with Crippen LogP contribution in [0.3, 0.4) is 0 Å². The smallest absolute Gasteiger partial charge is 0.266 e. The van der Waals surface area contributed by atoms with Crippen molar-refractivity contribution in [2.45, 2.75) is 122 Å². The standard InChI is InChI=1S/C32H52F2O2/c1-2-3-5-24-8-10-26(11-9-24)12-13-27-22-35-32(36-23-27)30-20-18-29(19-21-30)28-16-14-25(15-17-28)6-4-7-31(33)34/h2-3,7,24-30,32H,4-6,8-23H2,1H3. The third kappa shape index (κ3) is 8.93. The van der Waals surface area contributed by atoms with Crippen molar-refractivity contribution in [3.63, 3.8) is 0 Å². The van der Waals surface area contributed by atoms with E-state index in [1.165, 1.54) is 96.3 Å². The first-order chi connectivity index (χ1) is 17.6. The van der Waals surface area contributed by atoms with E-state index >= 15 is 0 Å². The molecule has 0 spiro atoms. The fourth-order valence-corrected chi connectivity index (χ4v) is 7.82. The van der Waals surface area contributed by atoms with Gasteiger partial charge in [0.05, 0.1) is 13.2 Å². The quantitative estimate of drug-likeness (QED) is 0.275. The van der Waals surface area contributed by atoms with Gasteiger partial charge in [-0.1, -0.05) is 44.3 Å². The molecule has 3 saturated carbocycles. The van der Waals surface area contributed by atoms with E-state index in [9.17, 15) is 8.78 Å². The summed E-state index contributed by atoms with van der Waals surface area (Å²) in [5.41, 5.74) is 0. The molecule has 0 aromatic heterocycles. The molecule has 4 rings (SSSR count). The Morgan fingerprint density at radius 1 is 0.639 bits per heavy atom. The summed E-state index contributed by atoms with van der Waals surface area (Å²) in [5, 5.41) is 0. The van der Waals surface area contributed by atoms with Crippen LogP contribution < -0.4 is 0 Å². The highest BCUT2D eigenvalue weighted by molar-refractivity contribution is 4.86. The van der Waals surface area contributed by atoms with Gasteiger partial charge in [0.2, 0.25) is 0 Å². The van der Waals surface area contributed by atoms with Crippen molar-refractivity contribution in [3.05, 3.63) is 24.3 Å². The molecule has 3 aliphatic carbocycles. The van der Waals surface area contributed by atoms with Gasteiger partial charge in [-0.15, -0.1) is 0 Å². The van der Waals surface area contributed by atoms with E-state index in [1.807, 2.05) is 0 Å². The van der Waals surface area contributed by atoms with Gasteiger partial charge in [-0.2, -0.15) is 8.78 Å². The summed E-state index contributed by atoms with van der Waals surface area (Å²) in [7, 11) is 0. The number of ether oxygens (including phenoxy) is 2. The molecule has 1 heterocycles. The first-order valence-electron chi connectivity index (χ1n) is 15.5. The maximum absolute atomic E-state index is 12.3. The topological polar surface area (TPSA) is 18.5 Å². The predicted molar refractivity (Wildman–Crippen MR) is 144 cm³/mol. The van der Waals surface area contributed by atoms with Gasteiger partial charge in [-0.3, -0.25) is 0 Å². The Kier molecular flexibility index (Phi) is 11.8. The maximum Gasteiger partial charge on any atom is 0.266 e. The van der Waals surface area contributed by atoms with Gasteiger partial charge in [0.15, 0.2) is 6.29 Å². The average Bonchev–Trinajstić information content (AvgIpc) is 2.92. The molecule has 1 saturated heterocycles. The molecular weight excluding hydrogens is 454 g/mol. The SMILES string of the molecule is CC=CCC1CCC(CCC2COC(C3CCC(C4CCC(CCC=C(F)F)CC4)CC3)OC2)CC1. The molecule has 0 aromatic rings. The fourth-order valence-electron chi connectivity index (χ4n) is 7.82. The minimum Gasteiger partial charge on any atom is -0.352 e. The number of rotatable bonds is 10. The van der Waals surface area contributed by atoms with Crippen molar-refractivity contribution >= 4 is 0 Å². The Bertz CT molecular complexity index is 656. The molecule has 0 atom stereocenters. The summed E-state index contributed by atoms with van der Waals surface area (Å²) < 4.78 is 37.1. The molecule has 1 aliphatic heterocycles. The molecule has 0 aromatic carbocycles. The predicted octanol–water partition coefficient (Wildman–Crippen LogP) is 9.70. The summed E-state index contributed by atoms with van der Waals surface area (Å²) in [6.45, 7) is 3.92. The molecule has 0 N–H and O–H groups in total. The van der Waals surface area contributed by atoms with Crippen LogP contribution in [-0.2, 0) is 9.47 Å². The van der Waals surface area contributed by atoms with Crippen LogP contribution in [0.15, 0.2) is 24.3 Å². The Labute approximate surface area is 219 Å². The Morgan fingerprint density at radius 2 is 1.14 bits per heavy atom. The lowest BCUT2D eigenvalue weighted by molar-refractivity contribution is -0.230. The van der Waals surface area contributed by atoms with E-state index in [0.717, 1.165) is 49.4 Å². The lowest BCUT2D eigenvalue weighted by Crippen LogP contribution is -2.39. The van der Waals surface area contributed by atoms with E-state index in [1.54, 1.807) is 0 Å². The van der Waals surface area contributed by atoms with Crippen LogP contribution in [-0.4, -0.2) is 19.5 Å². The monoisotopic (exact) mass is 506 g/mol. The zero-order chi connectivity index (χ0) is 25.2. The molecule has 4 aliphatic rings. The largest absolute Gasteiger partial charge is 0.352 e. The fraction of sp³-hybridized carbons (Fsp3) is 0.875. The van der Waals surface area contributed by atoms with Gasteiger partial charge in [0.1, 0.15) is 0 Å². The molecule has 0 bridgehead atoms. The normalized spacial score (nSPS) is 38.2. The average molecular weight is 507 g/mol. The lowest BCUT2D eigenvalue weighted by atomic mass is 9.68. The van der Waals surface area contributed by atoms with E-state index < -0.39 is 6.08 Å². The summed E-state index contributed by atoms with van der Waals surface area (Å²) in [6.07, 6.45) is 25.4. The Balaban J connectivity index is 1.06. The van der Waals surface area contributed by atoms with Crippen LogP contribution in [0.25, 0.3) is 0 Å². The van der Waals surface area contributed by atoms with Crippen LogP contribution in [0.2, 0.25) is 0 Å². The highest BCUT2D eigenvalue weighted by Gasteiger charge is 2.36. The molecule has 36 heavy (non-hydrogen) atoms. The van der Waals surface area contributed by atoms with Gasteiger partial charge in [0.25, 0.3) is 6.08 Å². The second kappa shape index (κ2) is 15.0. The van der Waals surface area contributed by atoms with Crippen LogP contribution in [0.4, 0.5) is 8.78 Å². The van der Waals surface area contributed by atoms with Crippen LogP contribution in [0.5, 0.6) is 0 Å². The molecule has 4 fully saturated rings. The minimum absolute atomic E-state index is 0.0314. The summed E-state index contributed by atoms with van der Waals surface area (Å²) in [5.74, 6) is 5.38. The van der Waals surface area contributed by atoms with Gasteiger partial charge >= 0.3 is 0 Å². The van der Waals surface area contributed by atoms with Gasteiger partial charge in [-0.25, -0.2) is 0 Å². The van der Waals surface area contributed by atoms with Crippen LogP contribution in [0, 0.1) is 41.4 Å². The minimum atomic E-state index is -1.52. The van der Waals surface area contributed by atoms with Crippen LogP contribution >= 0.6 is 0 Å². The highest BCUT2D eigenvalue weighted by Crippen LogP contribution is 2.44. The molecule has 2 nitrogen and oxygen atoms in total. The Morgan fingerprint density at radius 3 is 1.75 bits per heavy atom. The lowest BCUT2D eigenvalue weighted by Gasteiger charge is -2.41. The van der Waals surface area contributed by atoms with Gasteiger partial charge < -0.3 is 9.47 Å². The first kappa shape index (κ1) is 28.3. The van der Waals surface area contributed by atoms with Crippen molar-refractivity contribution in [1.29, 1.82) is 0 Å². The third-order valence-electron chi connectivity index (χ3n) is 10.3. The second-order valence-corrected chi connectivity index (χ2v) is 12.7. The van der Waals surface area contributed by atoms with E-state index in [-0.39, 0.29) is 6.29 Å². The third-order valence-corrected chi connectivity index (χ3v) is 10.3. The molecule has 0 radical (unpaired) electrons. The summed E-state index contributed by atoms with van der Waals surface area (Å²) in [4.78, 5) is 0. The van der Waals surface area contributed by atoms with Crippen molar-refractivity contribution in [1.82, 2.24) is 0 Å². The van der Waals surface area contributed by atoms with Crippen molar-refractivity contribution in [2.75, 3.05) is 13.2 Å². The maximum atomic E-state index is 12.3. The Hall–Kier alpha value is -0.740. The van der Waals surface area contributed by atoms with Crippen LogP contribution in [0.1, 0.15) is 116 Å². The van der Waals surface area contributed by atoms with Crippen molar-refractivity contribution in [3.8, 4) is 0 Å². The molecule has 4 heteroatoms. The van der Waals surface area contributed by atoms with E-state index in [0.29, 0.717) is 24.2 Å². The van der Waals surface area contributed by atoms with Gasteiger partial charge in [-0.05, 0) is 120 Å².